The molecule has 0 saturated carbocycles. The fourth-order valence-corrected chi connectivity index (χ4v) is 6.03. The number of β-amino-alcohol motifs (C(OH)–C–C–N with tert-alkyl or cyclic N) is 1. The number of ether oxygens (including phenoxy) is 1. The van der Waals surface area contributed by atoms with Crippen LogP contribution in [-0.4, -0.2) is 83.5 Å². The molecule has 2 aliphatic rings. The van der Waals surface area contributed by atoms with E-state index in [-0.39, 0.29) is 30.7 Å². The van der Waals surface area contributed by atoms with Crippen LogP contribution in [0.1, 0.15) is 42.6 Å². The van der Waals surface area contributed by atoms with Gasteiger partial charge in [0.25, 0.3) is 0 Å². The first-order valence-corrected chi connectivity index (χ1v) is 15.6. The van der Waals surface area contributed by atoms with Crippen molar-refractivity contribution in [2.45, 2.75) is 32.0 Å². The summed E-state index contributed by atoms with van der Waals surface area (Å²) in [7, 11) is 0. The Hall–Kier alpha value is -2.56. The second kappa shape index (κ2) is 13.6. The van der Waals surface area contributed by atoms with Crippen molar-refractivity contribution in [2.75, 3.05) is 45.9 Å². The molecule has 1 N–H and O–H groups in total. The highest BCUT2D eigenvalue weighted by Crippen LogP contribution is 2.45. The fourth-order valence-electron chi connectivity index (χ4n) is 5.51. The number of piperazine rings is 1. The number of hydrogen-bond donors (Lipinski definition) is 1. The summed E-state index contributed by atoms with van der Waals surface area (Å²) in [6.45, 7) is 8.32. The lowest BCUT2D eigenvalue weighted by Gasteiger charge is -2.36. The van der Waals surface area contributed by atoms with Crippen LogP contribution in [0, 0.1) is 0 Å². The lowest BCUT2D eigenvalue weighted by atomic mass is 9.93. The molecule has 216 valence electrons. The molecule has 1 saturated heterocycles. The molecule has 3 aromatic carbocycles. The normalized spacial score (nSPS) is 20.0. The van der Waals surface area contributed by atoms with Crippen molar-refractivity contribution in [1.82, 2.24) is 14.7 Å². The predicted molar refractivity (Wildman–Crippen MR) is 169 cm³/mol. The zero-order chi connectivity index (χ0) is 28.9. The third kappa shape index (κ3) is 7.09. The highest BCUT2D eigenvalue weighted by Gasteiger charge is 2.43. The second-order valence-electron chi connectivity index (χ2n) is 10.7. The van der Waals surface area contributed by atoms with Gasteiger partial charge in [0, 0.05) is 41.7 Å². The van der Waals surface area contributed by atoms with Gasteiger partial charge in [-0.3, -0.25) is 24.5 Å². The molecule has 3 aromatic rings. The average Bonchev–Trinajstić information content (AvgIpc) is 3.35. The molecule has 0 bridgehead atoms. The Morgan fingerprint density at radius 2 is 1.49 bits per heavy atom. The number of amidine groups is 1. The Balaban J connectivity index is 1.57. The summed E-state index contributed by atoms with van der Waals surface area (Å²) in [4.78, 5) is 26.0. The number of hydrogen-bond acceptors (Lipinski definition) is 6. The third-order valence-corrected chi connectivity index (χ3v) is 8.55. The average molecular weight is 684 g/mol. The number of amides is 1. The molecule has 2 heterocycles. The lowest BCUT2D eigenvalue weighted by molar-refractivity contribution is -0.130. The Labute approximate surface area is 259 Å². The van der Waals surface area contributed by atoms with Crippen LogP contribution in [0.2, 0.25) is 0 Å². The first-order chi connectivity index (χ1) is 19.8. The van der Waals surface area contributed by atoms with Crippen LogP contribution in [0.25, 0.3) is 0 Å². The standard InChI is InChI=1S/C32H36Br2N4O3/c1-22(2)41-28-6-4-3-5-27(28)32-35-30(23-7-11-25(33)12-8-23)31(24-9-13-26(34)14-10-24)38(32)29(40)21-37-17-15-36(16-18-37)19-20-39/h3-14,22,30-31,39H,15-21H2,1-2H3/t30-,31+/m1/s1. The summed E-state index contributed by atoms with van der Waals surface area (Å²) in [6, 6.07) is 23.6. The largest absolute Gasteiger partial charge is 0.490 e. The lowest BCUT2D eigenvalue weighted by Crippen LogP contribution is -2.51. The van der Waals surface area contributed by atoms with Gasteiger partial charge < -0.3 is 9.84 Å². The summed E-state index contributed by atoms with van der Waals surface area (Å²) >= 11 is 7.13. The maximum Gasteiger partial charge on any atom is 0.242 e. The number of aliphatic hydroxyl groups excluding tert-OH is 1. The Morgan fingerprint density at radius 1 is 0.902 bits per heavy atom. The monoisotopic (exact) mass is 682 g/mol. The molecule has 1 amide bonds. The van der Waals surface area contributed by atoms with Gasteiger partial charge in [-0.25, -0.2) is 0 Å². The van der Waals surface area contributed by atoms with E-state index in [1.54, 1.807) is 0 Å². The summed E-state index contributed by atoms with van der Waals surface area (Å²) < 4.78 is 8.19. The van der Waals surface area contributed by atoms with E-state index in [4.69, 9.17) is 9.73 Å². The Morgan fingerprint density at radius 3 is 2.10 bits per heavy atom. The number of rotatable bonds is 9. The fraction of sp³-hybridized carbons (Fsp3) is 0.375. The number of halogens is 2. The first kappa shape index (κ1) is 29.9. The van der Waals surface area contributed by atoms with Crippen molar-refractivity contribution in [1.29, 1.82) is 0 Å². The summed E-state index contributed by atoms with van der Waals surface area (Å²) in [5.74, 6) is 1.35. The van der Waals surface area contributed by atoms with Crippen molar-refractivity contribution in [3.63, 3.8) is 0 Å². The number of nitrogens with zero attached hydrogens (tertiary/aromatic N) is 4. The molecule has 5 rings (SSSR count). The van der Waals surface area contributed by atoms with Gasteiger partial charge in [-0.15, -0.1) is 0 Å². The molecular weight excluding hydrogens is 648 g/mol. The summed E-state index contributed by atoms with van der Waals surface area (Å²) in [6.07, 6.45) is -0.0259. The van der Waals surface area contributed by atoms with Gasteiger partial charge in [-0.05, 0) is 61.4 Å². The zero-order valence-electron chi connectivity index (χ0n) is 23.4. The molecule has 0 aliphatic carbocycles. The number of carbonyl (C=O) groups is 1. The van der Waals surface area contributed by atoms with Crippen molar-refractivity contribution in [3.8, 4) is 5.75 Å². The second-order valence-corrected chi connectivity index (χ2v) is 12.5. The van der Waals surface area contributed by atoms with Gasteiger partial charge >= 0.3 is 0 Å². The van der Waals surface area contributed by atoms with Crippen LogP contribution in [-0.2, 0) is 4.79 Å². The summed E-state index contributed by atoms with van der Waals surface area (Å²) in [5.41, 5.74) is 2.86. The SMILES string of the molecule is CC(C)Oc1ccccc1C1=N[C@H](c2ccc(Br)cc2)[C@H](c2ccc(Br)cc2)N1C(=O)CN1CCN(CCO)CC1. The van der Waals surface area contributed by atoms with Gasteiger partial charge in [-0.2, -0.15) is 0 Å². The van der Waals surface area contributed by atoms with Crippen LogP contribution in [0.15, 0.2) is 86.7 Å². The van der Waals surface area contributed by atoms with Crippen molar-refractivity contribution in [2.24, 2.45) is 4.99 Å². The molecule has 2 aliphatic heterocycles. The maximum atomic E-state index is 14.4. The minimum Gasteiger partial charge on any atom is -0.490 e. The maximum absolute atomic E-state index is 14.4. The van der Waals surface area contributed by atoms with E-state index in [1.165, 1.54) is 0 Å². The molecule has 0 spiro atoms. The van der Waals surface area contributed by atoms with E-state index in [9.17, 15) is 9.90 Å². The number of benzene rings is 3. The van der Waals surface area contributed by atoms with Gasteiger partial charge in [0.1, 0.15) is 17.6 Å². The van der Waals surface area contributed by atoms with Gasteiger partial charge in [0.2, 0.25) is 5.91 Å². The van der Waals surface area contributed by atoms with E-state index in [0.717, 1.165) is 51.8 Å². The number of aliphatic imine (C=N–C) groups is 1. The predicted octanol–water partition coefficient (Wildman–Crippen LogP) is 5.68. The van der Waals surface area contributed by atoms with Gasteiger partial charge in [0.15, 0.2) is 0 Å². The Kier molecular flexibility index (Phi) is 9.93. The molecule has 9 heteroatoms. The molecule has 41 heavy (non-hydrogen) atoms. The molecular formula is C32H36Br2N4O3. The summed E-state index contributed by atoms with van der Waals surface area (Å²) in [5, 5.41) is 9.33. The highest BCUT2D eigenvalue weighted by molar-refractivity contribution is 9.10. The van der Waals surface area contributed by atoms with Crippen molar-refractivity contribution < 1.29 is 14.6 Å². The van der Waals surface area contributed by atoms with E-state index in [0.29, 0.717) is 24.7 Å². The van der Waals surface area contributed by atoms with Crippen molar-refractivity contribution >= 4 is 43.6 Å². The van der Waals surface area contributed by atoms with E-state index in [1.807, 2.05) is 67.3 Å². The van der Waals surface area contributed by atoms with Crippen LogP contribution >= 0.6 is 31.9 Å². The molecule has 0 aromatic heterocycles. The minimum absolute atomic E-state index is 0.00578. The van der Waals surface area contributed by atoms with Crippen LogP contribution < -0.4 is 4.74 Å². The molecule has 0 unspecified atom stereocenters. The van der Waals surface area contributed by atoms with E-state index < -0.39 is 0 Å². The smallest absolute Gasteiger partial charge is 0.242 e. The number of aliphatic hydroxyl groups is 1. The van der Waals surface area contributed by atoms with E-state index >= 15 is 0 Å². The Bertz CT molecular complexity index is 1360. The number of para-hydroxylation sites is 1. The molecule has 7 nitrogen and oxygen atoms in total. The third-order valence-electron chi connectivity index (χ3n) is 7.49. The molecule has 0 radical (unpaired) electrons. The zero-order valence-corrected chi connectivity index (χ0v) is 26.6. The minimum atomic E-state index is -0.324. The van der Waals surface area contributed by atoms with Gasteiger partial charge in [0.05, 0.1) is 30.9 Å². The van der Waals surface area contributed by atoms with Crippen molar-refractivity contribution in [3.05, 3.63) is 98.4 Å². The van der Waals surface area contributed by atoms with Crippen LogP contribution in [0.4, 0.5) is 0 Å². The highest BCUT2D eigenvalue weighted by atomic mass is 79.9. The quantitative estimate of drug-likeness (QED) is 0.315. The molecule has 1 fully saturated rings. The topological polar surface area (TPSA) is 68.6 Å². The first-order valence-electron chi connectivity index (χ1n) is 14.1. The van der Waals surface area contributed by atoms with Crippen LogP contribution in [0.3, 0.4) is 0 Å². The van der Waals surface area contributed by atoms with Gasteiger partial charge in [-0.1, -0.05) is 68.3 Å². The van der Waals surface area contributed by atoms with Crippen LogP contribution in [0.5, 0.6) is 5.75 Å². The molecule has 2 atom stereocenters. The van der Waals surface area contributed by atoms with E-state index in [2.05, 4.69) is 65.9 Å². The number of carbonyl (C=O) groups excluding carboxylic acids is 1.